The molecular formula is C19H32O3. The number of hydrogen-bond acceptors (Lipinski definition) is 3. The number of carbonyl (C=O) groups excluding carboxylic acids is 1. The van der Waals surface area contributed by atoms with Gasteiger partial charge in [-0.2, -0.15) is 0 Å². The van der Waals surface area contributed by atoms with Crippen LogP contribution >= 0.6 is 0 Å². The summed E-state index contributed by atoms with van der Waals surface area (Å²) in [5.41, 5.74) is 0. The molecule has 0 saturated carbocycles. The number of aliphatic hydroxyl groups excluding tert-OH is 1. The lowest BCUT2D eigenvalue weighted by molar-refractivity contribution is -0.140. The number of rotatable bonds is 13. The average molecular weight is 310 g/mol. The van der Waals surface area contributed by atoms with Crippen molar-refractivity contribution in [2.75, 3.05) is 7.11 Å². The molecule has 0 aliphatic carbocycles. The third kappa shape index (κ3) is 15.0. The van der Waals surface area contributed by atoms with E-state index in [1.54, 1.807) is 0 Å². The van der Waals surface area contributed by atoms with Gasteiger partial charge in [-0.15, -0.1) is 0 Å². The molecule has 22 heavy (non-hydrogen) atoms. The second-order valence-corrected chi connectivity index (χ2v) is 5.38. The molecule has 0 heterocycles. The van der Waals surface area contributed by atoms with E-state index in [9.17, 15) is 9.90 Å². The Balaban J connectivity index is 3.47. The Morgan fingerprint density at radius 1 is 1.05 bits per heavy atom. The molecule has 1 atom stereocenters. The highest BCUT2D eigenvalue weighted by Gasteiger charge is 2.00. The van der Waals surface area contributed by atoms with Crippen molar-refractivity contribution < 1.29 is 14.6 Å². The van der Waals surface area contributed by atoms with E-state index in [0.717, 1.165) is 51.4 Å². The second kappa shape index (κ2) is 16.0. The fraction of sp³-hybridized carbons (Fsp3) is 0.632. The number of aliphatic hydroxyl groups is 1. The third-order valence-corrected chi connectivity index (χ3v) is 3.36. The lowest BCUT2D eigenvalue weighted by Crippen LogP contribution is -2.01. The summed E-state index contributed by atoms with van der Waals surface area (Å²) in [6, 6.07) is 0. The Morgan fingerprint density at radius 3 is 2.50 bits per heavy atom. The molecule has 0 bridgehead atoms. The maximum Gasteiger partial charge on any atom is 0.305 e. The zero-order valence-electron chi connectivity index (χ0n) is 14.2. The van der Waals surface area contributed by atoms with Crippen LogP contribution in [0.15, 0.2) is 36.5 Å². The molecule has 0 saturated heterocycles. The van der Waals surface area contributed by atoms with E-state index < -0.39 is 0 Å². The van der Waals surface area contributed by atoms with E-state index >= 15 is 0 Å². The lowest BCUT2D eigenvalue weighted by Gasteiger charge is -2.05. The first-order chi connectivity index (χ1) is 10.7. The summed E-state index contributed by atoms with van der Waals surface area (Å²) in [7, 11) is 1.42. The molecule has 0 aromatic heterocycles. The van der Waals surface area contributed by atoms with Crippen LogP contribution in [0.25, 0.3) is 0 Å². The quantitative estimate of drug-likeness (QED) is 0.232. The largest absolute Gasteiger partial charge is 0.469 e. The highest BCUT2D eigenvalue weighted by molar-refractivity contribution is 5.68. The topological polar surface area (TPSA) is 46.5 Å². The van der Waals surface area contributed by atoms with Crippen molar-refractivity contribution in [2.24, 2.45) is 0 Å². The van der Waals surface area contributed by atoms with E-state index in [1.165, 1.54) is 7.11 Å². The molecule has 3 heteroatoms. The number of allylic oxidation sites excluding steroid dienone is 5. The maximum absolute atomic E-state index is 10.9. The molecule has 1 unspecified atom stereocenters. The molecule has 0 amide bonds. The smallest absolute Gasteiger partial charge is 0.305 e. The van der Waals surface area contributed by atoms with Gasteiger partial charge >= 0.3 is 5.97 Å². The van der Waals surface area contributed by atoms with E-state index in [4.69, 9.17) is 0 Å². The van der Waals surface area contributed by atoms with E-state index in [0.29, 0.717) is 6.42 Å². The minimum absolute atomic E-state index is 0.126. The Kier molecular flexibility index (Phi) is 15.0. The van der Waals surface area contributed by atoms with Crippen LogP contribution in [-0.4, -0.2) is 24.3 Å². The van der Waals surface area contributed by atoms with Gasteiger partial charge in [-0.3, -0.25) is 4.79 Å². The fourth-order valence-corrected chi connectivity index (χ4v) is 2.04. The van der Waals surface area contributed by atoms with Gasteiger partial charge in [0.25, 0.3) is 0 Å². The van der Waals surface area contributed by atoms with Crippen LogP contribution in [0.1, 0.15) is 64.7 Å². The molecular weight excluding hydrogens is 278 g/mol. The Bertz CT molecular complexity index is 343. The molecule has 0 aromatic rings. The molecule has 0 aliphatic heterocycles. The number of hydrogen-bond donors (Lipinski definition) is 1. The van der Waals surface area contributed by atoms with E-state index in [-0.39, 0.29) is 12.1 Å². The first-order valence-electron chi connectivity index (χ1n) is 8.44. The van der Waals surface area contributed by atoms with E-state index in [1.807, 2.05) is 18.2 Å². The minimum atomic E-state index is -0.356. The molecule has 0 aliphatic rings. The van der Waals surface area contributed by atoms with Gasteiger partial charge in [0.1, 0.15) is 0 Å². The second-order valence-electron chi connectivity index (χ2n) is 5.38. The molecule has 0 spiro atoms. The van der Waals surface area contributed by atoms with Gasteiger partial charge in [-0.1, -0.05) is 69.1 Å². The Hall–Kier alpha value is -1.35. The Labute approximate surface area is 135 Å². The van der Waals surface area contributed by atoms with Crippen molar-refractivity contribution in [1.29, 1.82) is 0 Å². The lowest BCUT2D eigenvalue weighted by atomic mass is 10.1. The molecule has 0 aromatic carbocycles. The molecule has 0 fully saturated rings. The molecule has 1 N–H and O–H groups in total. The monoisotopic (exact) mass is 310 g/mol. The summed E-state index contributed by atoms with van der Waals surface area (Å²) in [5.74, 6) is -0.126. The summed E-state index contributed by atoms with van der Waals surface area (Å²) < 4.78 is 4.59. The number of ether oxygens (including phenoxy) is 1. The number of carbonyl (C=O) groups is 1. The van der Waals surface area contributed by atoms with Crippen LogP contribution in [0.3, 0.4) is 0 Å². The van der Waals surface area contributed by atoms with Gasteiger partial charge in [-0.05, 0) is 25.7 Å². The molecule has 0 rings (SSSR count). The summed E-state index contributed by atoms with van der Waals surface area (Å²) in [6.07, 6.45) is 20.3. The predicted molar refractivity (Wildman–Crippen MR) is 92.7 cm³/mol. The highest BCUT2D eigenvalue weighted by atomic mass is 16.7. The van der Waals surface area contributed by atoms with Crippen molar-refractivity contribution in [3.8, 4) is 0 Å². The standard InChI is InChI=1S/C19H32O3/c1-3-4-5-6-7-9-12-15-18(20)16-13-10-8-11-14-17-19(21)22-2/h4-5,7,9,12,15,18,20H,3,6,8,10-11,13-14,16-17H2,1-2H3/b5-4-,9-7-,15-12+/i19+2. The third-order valence-electron chi connectivity index (χ3n) is 3.36. The van der Waals surface area contributed by atoms with Crippen LogP contribution in [-0.2, 0) is 9.53 Å². The minimum Gasteiger partial charge on any atom is -0.469 e. The van der Waals surface area contributed by atoms with Crippen LogP contribution in [0.4, 0.5) is 0 Å². The number of methoxy groups -OCH3 is 1. The molecule has 0 radical (unpaired) electrons. The van der Waals surface area contributed by atoms with Gasteiger partial charge in [0.15, 0.2) is 0 Å². The van der Waals surface area contributed by atoms with Crippen molar-refractivity contribution in [3.05, 3.63) is 36.5 Å². The number of esters is 1. The molecule has 3 nitrogen and oxygen atoms in total. The summed E-state index contributed by atoms with van der Waals surface area (Å²) in [4.78, 5) is 10.9. The normalized spacial score (nSPS) is 13.4. The van der Waals surface area contributed by atoms with E-state index in [2.05, 4.69) is 29.9 Å². The van der Waals surface area contributed by atoms with Gasteiger partial charge in [0.2, 0.25) is 0 Å². The zero-order chi connectivity index (χ0) is 16.5. The zero-order valence-corrected chi connectivity index (χ0v) is 14.2. The van der Waals surface area contributed by atoms with Crippen LogP contribution in [0.5, 0.6) is 0 Å². The number of unbranched alkanes of at least 4 members (excludes halogenated alkanes) is 4. The average Bonchev–Trinajstić information content (AvgIpc) is 2.52. The van der Waals surface area contributed by atoms with Gasteiger partial charge in [0, 0.05) is 6.42 Å². The van der Waals surface area contributed by atoms with Crippen molar-refractivity contribution >= 4 is 5.97 Å². The SMILES string of the molecule is CC/C=C\C/C=C\C=C\C(O)CCCCCCC[14C](=O)OC. The van der Waals surface area contributed by atoms with Crippen LogP contribution in [0, 0.1) is 0 Å². The summed E-state index contributed by atoms with van der Waals surface area (Å²) in [5, 5.41) is 9.80. The van der Waals surface area contributed by atoms with Crippen molar-refractivity contribution in [3.63, 3.8) is 0 Å². The summed E-state index contributed by atoms with van der Waals surface area (Å²) >= 11 is 0. The van der Waals surface area contributed by atoms with Gasteiger partial charge in [0.05, 0.1) is 13.2 Å². The van der Waals surface area contributed by atoms with Crippen molar-refractivity contribution in [2.45, 2.75) is 70.8 Å². The predicted octanol–water partition coefficient (Wildman–Crippen LogP) is 4.72. The van der Waals surface area contributed by atoms with Gasteiger partial charge < -0.3 is 9.84 Å². The molecule has 126 valence electrons. The summed E-state index contributed by atoms with van der Waals surface area (Å²) in [6.45, 7) is 2.12. The van der Waals surface area contributed by atoms with Crippen molar-refractivity contribution in [1.82, 2.24) is 0 Å². The highest BCUT2D eigenvalue weighted by Crippen LogP contribution is 2.09. The Morgan fingerprint density at radius 2 is 1.77 bits per heavy atom. The van der Waals surface area contributed by atoms with Crippen LogP contribution < -0.4 is 0 Å². The fourth-order valence-electron chi connectivity index (χ4n) is 2.04. The van der Waals surface area contributed by atoms with Crippen LogP contribution in [0.2, 0.25) is 0 Å². The maximum atomic E-state index is 10.9. The van der Waals surface area contributed by atoms with Gasteiger partial charge in [-0.25, -0.2) is 0 Å². The first-order valence-corrected chi connectivity index (χ1v) is 8.44. The first kappa shape index (κ1) is 20.6.